The van der Waals surface area contributed by atoms with Crippen LogP contribution >= 0.6 is 0 Å². The molecule has 7 heteroatoms. The lowest BCUT2D eigenvalue weighted by Gasteiger charge is -2.33. The Labute approximate surface area is 187 Å². The number of aliphatic hydroxyl groups is 1. The molecule has 0 unspecified atom stereocenters. The minimum atomic E-state index is -0.919. The van der Waals surface area contributed by atoms with E-state index in [1.807, 2.05) is 37.3 Å². The Morgan fingerprint density at radius 2 is 1.97 bits per heavy atom. The normalized spacial score (nSPS) is 23.3. The second kappa shape index (κ2) is 8.56. The van der Waals surface area contributed by atoms with Crippen molar-refractivity contribution in [3.05, 3.63) is 59.4 Å². The number of ether oxygens (including phenoxy) is 1. The average molecular weight is 436 g/mol. The van der Waals surface area contributed by atoms with Crippen molar-refractivity contribution in [3.8, 4) is 0 Å². The molecule has 3 aromatic rings. The van der Waals surface area contributed by atoms with Crippen LogP contribution in [-0.2, 0) is 17.6 Å². The molecule has 0 spiro atoms. The van der Waals surface area contributed by atoms with E-state index in [0.29, 0.717) is 13.0 Å². The summed E-state index contributed by atoms with van der Waals surface area (Å²) in [6.45, 7) is 2.54. The van der Waals surface area contributed by atoms with E-state index >= 15 is 0 Å². The number of carbonyl (C=O) groups is 1. The van der Waals surface area contributed by atoms with Gasteiger partial charge in [0.25, 0.3) is 0 Å². The molecule has 1 saturated heterocycles. The van der Waals surface area contributed by atoms with Gasteiger partial charge in [0, 0.05) is 18.0 Å². The summed E-state index contributed by atoms with van der Waals surface area (Å²) < 4.78 is 8.20. The summed E-state index contributed by atoms with van der Waals surface area (Å²) in [5, 5.41) is 19.3. The number of imidazole rings is 1. The fraction of sp³-hybridized carbons (Fsp3) is 0.440. The van der Waals surface area contributed by atoms with Crippen LogP contribution in [0, 0.1) is 0 Å². The highest BCUT2D eigenvalue weighted by atomic mass is 16.5. The number of amides is 1. The van der Waals surface area contributed by atoms with Crippen LogP contribution in [0.1, 0.15) is 49.2 Å². The Kier molecular flexibility index (Phi) is 5.61. The van der Waals surface area contributed by atoms with Gasteiger partial charge in [0.2, 0.25) is 0 Å². The smallest absolute Gasteiger partial charge is 0.412 e. The lowest BCUT2D eigenvalue weighted by molar-refractivity contribution is -0.0386. The summed E-state index contributed by atoms with van der Waals surface area (Å²) in [7, 11) is 0. The van der Waals surface area contributed by atoms with Crippen molar-refractivity contribution in [2.75, 3.05) is 18.1 Å². The Morgan fingerprint density at radius 1 is 1.16 bits per heavy atom. The summed E-state index contributed by atoms with van der Waals surface area (Å²) in [6.07, 6.45) is 2.99. The molecular formula is C25H29N3O4. The first-order valence-corrected chi connectivity index (χ1v) is 11.4. The summed E-state index contributed by atoms with van der Waals surface area (Å²) in [4.78, 5) is 18.5. The van der Waals surface area contributed by atoms with Gasteiger partial charge in [-0.05, 0) is 50.3 Å². The van der Waals surface area contributed by atoms with Crippen LogP contribution in [-0.4, -0.2) is 51.2 Å². The highest BCUT2D eigenvalue weighted by Gasteiger charge is 2.32. The van der Waals surface area contributed by atoms with Crippen molar-refractivity contribution in [2.24, 2.45) is 0 Å². The lowest BCUT2D eigenvalue weighted by Crippen LogP contribution is -2.41. The third-order valence-electron chi connectivity index (χ3n) is 6.85. The molecule has 0 bridgehead atoms. The van der Waals surface area contributed by atoms with Gasteiger partial charge in [0.05, 0.1) is 42.1 Å². The molecule has 168 valence electrons. The highest BCUT2D eigenvalue weighted by molar-refractivity contribution is 5.94. The first kappa shape index (κ1) is 21.0. The lowest BCUT2D eigenvalue weighted by atomic mass is 9.95. The second-order valence-electron chi connectivity index (χ2n) is 8.90. The molecule has 7 nitrogen and oxygen atoms in total. The van der Waals surface area contributed by atoms with E-state index in [0.717, 1.165) is 53.8 Å². The summed E-state index contributed by atoms with van der Waals surface area (Å²) in [5.74, 6) is 0.969. The van der Waals surface area contributed by atoms with Crippen LogP contribution in [0.2, 0.25) is 0 Å². The number of carboxylic acid groups (broad SMARTS) is 1. The number of rotatable bonds is 4. The van der Waals surface area contributed by atoms with Crippen molar-refractivity contribution in [3.63, 3.8) is 0 Å². The molecule has 32 heavy (non-hydrogen) atoms. The molecule has 1 fully saturated rings. The minimum Gasteiger partial charge on any atom is -0.465 e. The SMILES string of the molecule is C[C@H]1CCc2c(ccc3c2nc(Cc2ccccc2)n3[C@@H]2CC[C@@H](CO)OC2)N1C(=O)O. The summed E-state index contributed by atoms with van der Waals surface area (Å²) in [6, 6.07) is 14.3. The molecule has 0 radical (unpaired) electrons. The molecule has 1 aromatic heterocycles. The van der Waals surface area contributed by atoms with Crippen molar-refractivity contribution in [1.29, 1.82) is 0 Å². The quantitative estimate of drug-likeness (QED) is 0.643. The Balaban J connectivity index is 1.63. The third-order valence-corrected chi connectivity index (χ3v) is 6.85. The van der Waals surface area contributed by atoms with Crippen molar-refractivity contribution in [1.82, 2.24) is 9.55 Å². The predicted molar refractivity (Wildman–Crippen MR) is 122 cm³/mol. The Bertz CT molecular complexity index is 1120. The van der Waals surface area contributed by atoms with Crippen LogP contribution in [0.4, 0.5) is 10.5 Å². The molecule has 1 amide bonds. The summed E-state index contributed by atoms with van der Waals surface area (Å²) in [5.41, 5.74) is 4.88. The monoisotopic (exact) mass is 435 g/mol. The summed E-state index contributed by atoms with van der Waals surface area (Å²) >= 11 is 0. The maximum absolute atomic E-state index is 11.9. The maximum Gasteiger partial charge on any atom is 0.412 e. The van der Waals surface area contributed by atoms with Crippen LogP contribution in [0.25, 0.3) is 11.0 Å². The number of hydrogen-bond donors (Lipinski definition) is 2. The van der Waals surface area contributed by atoms with Crippen LogP contribution in [0.3, 0.4) is 0 Å². The Morgan fingerprint density at radius 3 is 2.66 bits per heavy atom. The average Bonchev–Trinajstić information content (AvgIpc) is 3.17. The number of aliphatic hydroxyl groups excluding tert-OH is 1. The van der Waals surface area contributed by atoms with Gasteiger partial charge in [-0.3, -0.25) is 4.90 Å². The fourth-order valence-electron chi connectivity index (χ4n) is 5.19. The number of aryl methyl sites for hydroxylation is 1. The molecule has 3 heterocycles. The van der Waals surface area contributed by atoms with E-state index in [-0.39, 0.29) is 24.8 Å². The first-order chi connectivity index (χ1) is 15.6. The number of aromatic nitrogens is 2. The maximum atomic E-state index is 11.9. The van der Waals surface area contributed by atoms with Crippen molar-refractivity contribution >= 4 is 22.8 Å². The molecule has 5 rings (SSSR count). The number of fused-ring (bicyclic) bond motifs is 3. The molecule has 2 aliphatic heterocycles. The van der Waals surface area contributed by atoms with Crippen molar-refractivity contribution < 1.29 is 19.7 Å². The zero-order valence-electron chi connectivity index (χ0n) is 18.3. The van der Waals surface area contributed by atoms with Gasteiger partial charge in [0.15, 0.2) is 0 Å². The van der Waals surface area contributed by atoms with E-state index in [1.165, 1.54) is 10.5 Å². The Hall–Kier alpha value is -2.90. The van der Waals surface area contributed by atoms with E-state index in [9.17, 15) is 15.0 Å². The number of nitrogens with zero attached hydrogens (tertiary/aromatic N) is 3. The van der Waals surface area contributed by atoms with Gasteiger partial charge in [-0.15, -0.1) is 0 Å². The van der Waals surface area contributed by atoms with Gasteiger partial charge < -0.3 is 19.5 Å². The predicted octanol–water partition coefficient (Wildman–Crippen LogP) is 4.16. The van der Waals surface area contributed by atoms with E-state index in [4.69, 9.17) is 9.72 Å². The third kappa shape index (κ3) is 3.65. The largest absolute Gasteiger partial charge is 0.465 e. The second-order valence-corrected chi connectivity index (χ2v) is 8.90. The molecule has 2 aromatic carbocycles. The standard InChI is InChI=1S/C25H29N3O4/c1-16-7-10-20-21(27(16)25(30)31)11-12-22-24(20)26-23(13-17-5-3-2-4-6-17)28(22)18-8-9-19(14-29)32-15-18/h2-6,11-12,16,18-19,29H,7-10,13-15H2,1H3,(H,30,31)/t16-,18+,19-/m0/s1. The molecule has 2 aliphatic rings. The van der Waals surface area contributed by atoms with Gasteiger partial charge in [0.1, 0.15) is 5.82 Å². The zero-order chi connectivity index (χ0) is 22.2. The highest BCUT2D eigenvalue weighted by Crippen LogP contribution is 2.38. The van der Waals surface area contributed by atoms with E-state index < -0.39 is 6.09 Å². The van der Waals surface area contributed by atoms with Crippen LogP contribution in [0.5, 0.6) is 0 Å². The van der Waals surface area contributed by atoms with Crippen molar-refractivity contribution in [2.45, 2.75) is 57.2 Å². The molecular weight excluding hydrogens is 406 g/mol. The van der Waals surface area contributed by atoms with E-state index in [1.54, 1.807) is 0 Å². The minimum absolute atomic E-state index is 0.0466. The first-order valence-electron chi connectivity index (χ1n) is 11.4. The van der Waals surface area contributed by atoms with Crippen LogP contribution in [0.15, 0.2) is 42.5 Å². The molecule has 2 N–H and O–H groups in total. The van der Waals surface area contributed by atoms with E-state index in [2.05, 4.69) is 16.7 Å². The number of anilines is 1. The van der Waals surface area contributed by atoms with Gasteiger partial charge >= 0.3 is 6.09 Å². The van der Waals surface area contributed by atoms with Gasteiger partial charge in [-0.2, -0.15) is 0 Å². The van der Waals surface area contributed by atoms with Crippen LogP contribution < -0.4 is 4.90 Å². The van der Waals surface area contributed by atoms with Gasteiger partial charge in [-0.25, -0.2) is 9.78 Å². The molecule has 0 saturated carbocycles. The molecule has 0 aliphatic carbocycles. The fourth-order valence-corrected chi connectivity index (χ4v) is 5.19. The number of benzene rings is 2. The molecule has 3 atom stereocenters. The topological polar surface area (TPSA) is 87.8 Å². The number of hydrogen-bond acceptors (Lipinski definition) is 4. The zero-order valence-corrected chi connectivity index (χ0v) is 18.3. The van der Waals surface area contributed by atoms with Gasteiger partial charge in [-0.1, -0.05) is 30.3 Å².